The van der Waals surface area contributed by atoms with E-state index in [1.54, 1.807) is 42.2 Å². The van der Waals surface area contributed by atoms with Gasteiger partial charge in [-0.2, -0.15) is 0 Å². The molecule has 0 bridgehead atoms. The van der Waals surface area contributed by atoms with Crippen molar-refractivity contribution in [1.82, 2.24) is 10.2 Å². The molecular weight excluding hydrogens is 627 g/mol. The Kier molecular flexibility index (Phi) is 11.2. The zero-order chi connectivity index (χ0) is 27.8. The average Bonchev–Trinajstić information content (AvgIpc) is 2.92. The summed E-state index contributed by atoms with van der Waals surface area (Å²) in [4.78, 5) is 27.6. The fourth-order valence-corrected chi connectivity index (χ4v) is 5.19. The summed E-state index contributed by atoms with van der Waals surface area (Å²) in [6.07, 6.45) is -0.337. The maximum absolute atomic E-state index is 13.1. The first-order valence-electron chi connectivity index (χ1n) is 12.2. The summed E-state index contributed by atoms with van der Waals surface area (Å²) in [7, 11) is 1.47. The maximum Gasteiger partial charge on any atom is 0.247 e. The van der Waals surface area contributed by atoms with Crippen molar-refractivity contribution < 1.29 is 34.4 Å². The minimum absolute atomic E-state index is 0.0612. The predicted molar refractivity (Wildman–Crippen MR) is 151 cm³/mol. The quantitative estimate of drug-likeness (QED) is 0.274. The van der Waals surface area contributed by atoms with Crippen molar-refractivity contribution in [3.63, 3.8) is 0 Å². The molecule has 1 aliphatic rings. The highest BCUT2D eigenvalue weighted by Gasteiger charge is 2.40. The Bertz CT molecular complexity index is 1160. The number of halogens is 2. The number of hydrogen-bond acceptors (Lipinski definition) is 7. The number of nitrogens with one attached hydrogen (secondary N) is 1. The van der Waals surface area contributed by atoms with E-state index in [1.165, 1.54) is 7.11 Å². The number of methoxy groups -OCH3 is 1. The molecular formula is C27H32ClIN2O7. The van der Waals surface area contributed by atoms with Crippen LogP contribution in [0.25, 0.3) is 0 Å². The van der Waals surface area contributed by atoms with E-state index < -0.39 is 24.2 Å². The number of nitrogens with zero attached hydrogens (tertiary/aromatic N) is 1. The lowest BCUT2D eigenvalue weighted by Crippen LogP contribution is -2.54. The highest BCUT2D eigenvalue weighted by Crippen LogP contribution is 2.37. The molecule has 3 atom stereocenters. The number of ether oxygens (including phenoxy) is 2. The molecule has 4 N–H and O–H groups in total. The molecule has 9 nitrogen and oxygen atoms in total. The van der Waals surface area contributed by atoms with Gasteiger partial charge in [0.1, 0.15) is 12.2 Å². The van der Waals surface area contributed by atoms with Crippen LogP contribution in [0.1, 0.15) is 30.9 Å². The van der Waals surface area contributed by atoms with Gasteiger partial charge < -0.3 is 35.0 Å². The van der Waals surface area contributed by atoms with Crippen molar-refractivity contribution in [3.05, 3.63) is 67.8 Å². The number of aliphatic hydroxyl groups excluding tert-OH is 3. The van der Waals surface area contributed by atoms with Crippen molar-refractivity contribution in [2.75, 3.05) is 20.3 Å². The summed E-state index contributed by atoms with van der Waals surface area (Å²) >= 11 is 8.08. The van der Waals surface area contributed by atoms with Crippen LogP contribution in [0.5, 0.6) is 11.5 Å². The Balaban J connectivity index is 2.01. The second kappa shape index (κ2) is 14.1. The maximum atomic E-state index is 13.1. The van der Waals surface area contributed by atoms with E-state index in [-0.39, 0.29) is 45.1 Å². The number of hydrogen-bond donors (Lipinski definition) is 4. The molecule has 206 valence electrons. The first kappa shape index (κ1) is 30.2. The van der Waals surface area contributed by atoms with Crippen LogP contribution in [0.15, 0.2) is 48.0 Å². The summed E-state index contributed by atoms with van der Waals surface area (Å²) in [5, 5.41) is 33.4. The van der Waals surface area contributed by atoms with E-state index in [4.69, 9.17) is 26.2 Å². The summed E-state index contributed by atoms with van der Waals surface area (Å²) in [6, 6.07) is 9.67. The van der Waals surface area contributed by atoms with Crippen LogP contribution >= 0.6 is 34.2 Å². The second-order valence-electron chi connectivity index (χ2n) is 8.78. The Labute approximate surface area is 240 Å². The predicted octanol–water partition coefficient (Wildman–Crippen LogP) is 2.80. The van der Waals surface area contributed by atoms with E-state index in [2.05, 4.69) is 27.9 Å². The Hall–Kier alpha value is -2.38. The molecule has 0 radical (unpaired) electrons. The van der Waals surface area contributed by atoms with Gasteiger partial charge in [0.2, 0.25) is 11.8 Å². The minimum atomic E-state index is -1.18. The molecule has 2 aromatic rings. The van der Waals surface area contributed by atoms with Crippen LogP contribution in [0.4, 0.5) is 0 Å². The summed E-state index contributed by atoms with van der Waals surface area (Å²) < 4.78 is 12.3. The van der Waals surface area contributed by atoms with Gasteiger partial charge in [0.15, 0.2) is 11.5 Å². The Morgan fingerprint density at radius 2 is 1.89 bits per heavy atom. The van der Waals surface area contributed by atoms with Crippen LogP contribution in [0.3, 0.4) is 0 Å². The summed E-state index contributed by atoms with van der Waals surface area (Å²) in [5.41, 5.74) is 1.77. The number of aliphatic hydroxyl groups is 3. The Morgan fingerprint density at radius 1 is 1.18 bits per heavy atom. The molecule has 0 saturated heterocycles. The minimum Gasteiger partial charge on any atom is -0.493 e. The molecule has 38 heavy (non-hydrogen) atoms. The molecule has 3 unspecified atom stereocenters. The van der Waals surface area contributed by atoms with E-state index in [0.29, 0.717) is 31.2 Å². The fourth-order valence-electron chi connectivity index (χ4n) is 4.27. The lowest BCUT2D eigenvalue weighted by molar-refractivity contribution is -0.139. The number of carbonyl (C=O) groups is 2. The molecule has 0 heterocycles. The van der Waals surface area contributed by atoms with Gasteiger partial charge in [0.05, 0.1) is 29.9 Å². The van der Waals surface area contributed by atoms with E-state index >= 15 is 0 Å². The van der Waals surface area contributed by atoms with Gasteiger partial charge >= 0.3 is 0 Å². The largest absolute Gasteiger partial charge is 0.493 e. The van der Waals surface area contributed by atoms with Gasteiger partial charge in [-0.05, 0) is 64.1 Å². The monoisotopic (exact) mass is 658 g/mol. The summed E-state index contributed by atoms with van der Waals surface area (Å²) in [5.74, 6) is 0.0847. The molecule has 3 rings (SSSR count). The van der Waals surface area contributed by atoms with Crippen molar-refractivity contribution in [1.29, 1.82) is 0 Å². The van der Waals surface area contributed by atoms with Crippen LogP contribution < -0.4 is 14.8 Å². The van der Waals surface area contributed by atoms with Crippen molar-refractivity contribution in [3.8, 4) is 11.5 Å². The van der Waals surface area contributed by atoms with Crippen molar-refractivity contribution in [2.45, 2.75) is 51.2 Å². The first-order valence-corrected chi connectivity index (χ1v) is 13.6. The third-order valence-electron chi connectivity index (χ3n) is 6.23. The molecule has 0 spiro atoms. The SMILES string of the molecule is CCC(=O)N(Cc1ccc(Cl)cc1)C1CC(C(=O)NCCO)=CC(Oc2c(I)cc(CO)cc2OC)C1O. The molecule has 0 fully saturated rings. The molecule has 2 aromatic carbocycles. The third kappa shape index (κ3) is 7.38. The van der Waals surface area contributed by atoms with Gasteiger partial charge in [-0.15, -0.1) is 0 Å². The topological polar surface area (TPSA) is 129 Å². The van der Waals surface area contributed by atoms with Crippen molar-refractivity contribution in [2.24, 2.45) is 0 Å². The van der Waals surface area contributed by atoms with Gasteiger partial charge in [-0.3, -0.25) is 9.59 Å². The van der Waals surface area contributed by atoms with Crippen LogP contribution in [0.2, 0.25) is 5.02 Å². The standard InChI is InChI=1S/C27H32ClIN2O7/c1-3-24(34)31(14-16-4-6-19(28)7-5-16)21-12-18(27(36)30-8-9-32)13-22(25(21)35)38-26-20(29)10-17(15-33)11-23(26)37-2/h4-7,10-11,13,21-22,25,32-33,35H,3,8-9,12,14-15H2,1-2H3,(H,30,36). The van der Waals surface area contributed by atoms with E-state index in [1.807, 2.05) is 12.1 Å². The third-order valence-corrected chi connectivity index (χ3v) is 7.28. The van der Waals surface area contributed by atoms with Gasteiger partial charge in [0.25, 0.3) is 0 Å². The van der Waals surface area contributed by atoms with E-state index in [9.17, 15) is 19.8 Å². The zero-order valence-corrected chi connectivity index (χ0v) is 24.1. The molecule has 2 amide bonds. The van der Waals surface area contributed by atoms with E-state index in [0.717, 1.165) is 5.56 Å². The fraction of sp³-hybridized carbons (Fsp3) is 0.407. The van der Waals surface area contributed by atoms with Gasteiger partial charge in [0, 0.05) is 36.5 Å². The Morgan fingerprint density at radius 3 is 2.50 bits per heavy atom. The normalized spacial score (nSPS) is 18.9. The highest BCUT2D eigenvalue weighted by atomic mass is 127. The lowest BCUT2D eigenvalue weighted by atomic mass is 9.87. The number of rotatable bonds is 11. The molecule has 0 aliphatic heterocycles. The van der Waals surface area contributed by atoms with Crippen LogP contribution in [-0.2, 0) is 22.7 Å². The van der Waals surface area contributed by atoms with Gasteiger partial charge in [-0.25, -0.2) is 0 Å². The lowest BCUT2D eigenvalue weighted by Gasteiger charge is -2.40. The smallest absolute Gasteiger partial charge is 0.247 e. The first-order chi connectivity index (χ1) is 18.2. The molecule has 0 saturated carbocycles. The second-order valence-corrected chi connectivity index (χ2v) is 10.4. The number of carbonyl (C=O) groups excluding carboxylic acids is 2. The highest BCUT2D eigenvalue weighted by molar-refractivity contribution is 14.1. The van der Waals surface area contributed by atoms with Crippen LogP contribution in [0, 0.1) is 3.57 Å². The average molecular weight is 659 g/mol. The zero-order valence-electron chi connectivity index (χ0n) is 21.2. The number of amides is 2. The van der Waals surface area contributed by atoms with Crippen molar-refractivity contribution >= 4 is 46.0 Å². The molecule has 1 aliphatic carbocycles. The van der Waals surface area contributed by atoms with Gasteiger partial charge in [-0.1, -0.05) is 30.7 Å². The molecule has 0 aromatic heterocycles. The van der Waals surface area contributed by atoms with Crippen LogP contribution in [-0.4, -0.2) is 70.5 Å². The number of benzene rings is 2. The molecule has 11 heteroatoms. The summed E-state index contributed by atoms with van der Waals surface area (Å²) in [6.45, 7) is 1.59.